The first-order valence-electron chi connectivity index (χ1n) is 9.39. The molecule has 1 fully saturated rings. The Bertz CT molecular complexity index is 1030. The molecule has 5 nitrogen and oxygen atoms in total. The number of hydrogen-bond donors (Lipinski definition) is 0. The Balaban J connectivity index is 1.81. The van der Waals surface area contributed by atoms with Crippen LogP contribution in [-0.2, 0) is 21.2 Å². The second kappa shape index (κ2) is 9.12. The van der Waals surface area contributed by atoms with Gasteiger partial charge in [-0.2, -0.15) is 0 Å². The van der Waals surface area contributed by atoms with Crippen molar-refractivity contribution < 1.29 is 22.3 Å². The van der Waals surface area contributed by atoms with Crippen LogP contribution in [0.2, 0.25) is 10.0 Å². The summed E-state index contributed by atoms with van der Waals surface area (Å²) in [5.74, 6) is -0.689. The first kappa shape index (κ1) is 22.8. The van der Waals surface area contributed by atoms with Gasteiger partial charge in [0.1, 0.15) is 11.6 Å². The predicted molar refractivity (Wildman–Crippen MR) is 115 cm³/mol. The van der Waals surface area contributed by atoms with Crippen LogP contribution >= 0.6 is 23.2 Å². The monoisotopic (exact) mass is 473 g/mol. The Morgan fingerprint density at radius 1 is 1.23 bits per heavy atom. The smallest absolute Gasteiger partial charge is 0.261 e. The Kier molecular flexibility index (Phi) is 6.95. The van der Waals surface area contributed by atoms with Crippen LogP contribution in [0.1, 0.15) is 23.1 Å². The number of ether oxygens (including phenoxy) is 1. The Morgan fingerprint density at radius 2 is 1.90 bits per heavy atom. The molecule has 1 aliphatic heterocycles. The van der Waals surface area contributed by atoms with Gasteiger partial charge in [0, 0.05) is 21.7 Å². The normalized spacial score (nSPS) is 17.7. The van der Waals surface area contributed by atoms with Gasteiger partial charge in [0.15, 0.2) is 16.4 Å². The van der Waals surface area contributed by atoms with E-state index in [1.165, 1.54) is 23.1 Å². The van der Waals surface area contributed by atoms with Crippen molar-refractivity contribution in [2.45, 2.75) is 32.9 Å². The minimum atomic E-state index is -3.25. The van der Waals surface area contributed by atoms with E-state index in [4.69, 9.17) is 27.9 Å². The minimum absolute atomic E-state index is 0.0110. The van der Waals surface area contributed by atoms with Crippen molar-refractivity contribution in [2.75, 3.05) is 18.1 Å². The van der Waals surface area contributed by atoms with E-state index in [1.54, 1.807) is 12.1 Å². The van der Waals surface area contributed by atoms with Gasteiger partial charge in [-0.25, -0.2) is 12.8 Å². The molecule has 1 amide bonds. The van der Waals surface area contributed by atoms with Crippen LogP contribution in [0.5, 0.6) is 5.75 Å². The van der Waals surface area contributed by atoms with Gasteiger partial charge in [0.05, 0.1) is 18.1 Å². The molecule has 1 atom stereocenters. The third-order valence-corrected chi connectivity index (χ3v) is 7.83. The van der Waals surface area contributed by atoms with Crippen LogP contribution in [-0.4, -0.2) is 43.4 Å². The number of carbonyl (C=O) groups is 1. The molecular weight excluding hydrogens is 452 g/mol. The number of benzene rings is 2. The third-order valence-electron chi connectivity index (χ3n) is 5.13. The van der Waals surface area contributed by atoms with Crippen molar-refractivity contribution >= 4 is 38.9 Å². The summed E-state index contributed by atoms with van der Waals surface area (Å²) in [5.41, 5.74) is 1.78. The van der Waals surface area contributed by atoms with Gasteiger partial charge in [-0.1, -0.05) is 29.3 Å². The molecule has 0 N–H and O–H groups in total. The van der Waals surface area contributed by atoms with Gasteiger partial charge in [0.2, 0.25) is 0 Å². The number of carbonyl (C=O) groups excluding carboxylic acids is 1. The standard InChI is InChI=1S/C21H22Cl2FNO4S/c1-13-8-16(9-14(2)21(13)23)29-11-20(26)25(15-6-7-30(27,28)12-15)10-17-18(22)4-3-5-19(17)24/h3-5,8-9,15H,6-7,10-12H2,1-2H3. The summed E-state index contributed by atoms with van der Waals surface area (Å²) in [7, 11) is -3.25. The molecule has 1 heterocycles. The maximum atomic E-state index is 14.3. The lowest BCUT2D eigenvalue weighted by Crippen LogP contribution is -2.43. The zero-order chi connectivity index (χ0) is 22.1. The fourth-order valence-corrected chi connectivity index (χ4v) is 5.58. The van der Waals surface area contributed by atoms with Crippen molar-refractivity contribution in [3.63, 3.8) is 0 Å². The van der Waals surface area contributed by atoms with Crippen LogP contribution in [0.15, 0.2) is 30.3 Å². The van der Waals surface area contributed by atoms with Crippen molar-refractivity contribution in [2.24, 2.45) is 0 Å². The van der Waals surface area contributed by atoms with E-state index < -0.39 is 27.6 Å². The molecule has 9 heteroatoms. The zero-order valence-corrected chi connectivity index (χ0v) is 19.0. The van der Waals surface area contributed by atoms with Crippen LogP contribution in [0.4, 0.5) is 4.39 Å². The van der Waals surface area contributed by atoms with E-state index in [-0.39, 0.29) is 35.2 Å². The molecule has 0 saturated carbocycles. The fourth-order valence-electron chi connectivity index (χ4n) is 3.51. The molecule has 3 rings (SSSR count). The number of nitrogens with zero attached hydrogens (tertiary/aromatic N) is 1. The highest BCUT2D eigenvalue weighted by Gasteiger charge is 2.35. The van der Waals surface area contributed by atoms with Crippen molar-refractivity contribution in [1.82, 2.24) is 4.90 Å². The molecule has 0 bridgehead atoms. The second-order valence-corrected chi connectivity index (χ2v) is 10.5. The maximum absolute atomic E-state index is 14.3. The molecule has 162 valence electrons. The third kappa shape index (κ3) is 5.25. The summed E-state index contributed by atoms with van der Waals surface area (Å²) in [6.45, 7) is 3.22. The maximum Gasteiger partial charge on any atom is 0.261 e. The molecule has 0 aliphatic carbocycles. The highest BCUT2D eigenvalue weighted by Crippen LogP contribution is 2.27. The number of sulfone groups is 1. The summed E-state index contributed by atoms with van der Waals surface area (Å²) >= 11 is 12.3. The quantitative estimate of drug-likeness (QED) is 0.625. The average Bonchev–Trinajstić information content (AvgIpc) is 3.03. The van der Waals surface area contributed by atoms with Crippen LogP contribution in [0, 0.1) is 19.7 Å². The molecule has 30 heavy (non-hydrogen) atoms. The van der Waals surface area contributed by atoms with Gasteiger partial charge in [-0.05, 0) is 55.7 Å². The van der Waals surface area contributed by atoms with Crippen LogP contribution in [0.3, 0.4) is 0 Å². The summed E-state index contributed by atoms with van der Waals surface area (Å²) in [4.78, 5) is 14.3. The van der Waals surface area contributed by atoms with E-state index in [0.29, 0.717) is 17.2 Å². The minimum Gasteiger partial charge on any atom is -0.484 e. The molecule has 1 aliphatic rings. The first-order valence-corrected chi connectivity index (χ1v) is 12.0. The molecule has 0 aromatic heterocycles. The fraction of sp³-hybridized carbons (Fsp3) is 0.381. The molecular formula is C21H22Cl2FNO4S. The zero-order valence-electron chi connectivity index (χ0n) is 16.6. The summed E-state index contributed by atoms with van der Waals surface area (Å²) in [6.07, 6.45) is 0.291. The predicted octanol–water partition coefficient (Wildman–Crippen LogP) is 4.34. The lowest BCUT2D eigenvalue weighted by Gasteiger charge is -2.29. The summed E-state index contributed by atoms with van der Waals surface area (Å²) in [5, 5.41) is 0.805. The molecule has 1 saturated heterocycles. The number of halogens is 3. The largest absolute Gasteiger partial charge is 0.484 e. The van der Waals surface area contributed by atoms with E-state index in [0.717, 1.165) is 11.1 Å². The number of hydrogen-bond acceptors (Lipinski definition) is 4. The molecule has 0 radical (unpaired) electrons. The lowest BCUT2D eigenvalue weighted by molar-refractivity contribution is -0.136. The van der Waals surface area contributed by atoms with Crippen molar-refractivity contribution in [3.05, 3.63) is 62.9 Å². The Morgan fingerprint density at radius 3 is 2.47 bits per heavy atom. The number of aryl methyl sites for hydroxylation is 2. The highest BCUT2D eigenvalue weighted by atomic mass is 35.5. The van der Waals surface area contributed by atoms with E-state index >= 15 is 0 Å². The first-order chi connectivity index (χ1) is 14.1. The van der Waals surface area contributed by atoms with E-state index in [1.807, 2.05) is 13.8 Å². The topological polar surface area (TPSA) is 63.7 Å². The molecule has 2 aromatic rings. The lowest BCUT2D eigenvalue weighted by atomic mass is 10.1. The summed E-state index contributed by atoms with van der Waals surface area (Å²) < 4.78 is 43.9. The van der Waals surface area contributed by atoms with E-state index in [2.05, 4.69) is 0 Å². The number of rotatable bonds is 6. The van der Waals surface area contributed by atoms with Crippen LogP contribution in [0.25, 0.3) is 0 Å². The van der Waals surface area contributed by atoms with Gasteiger partial charge in [0.25, 0.3) is 5.91 Å². The SMILES string of the molecule is Cc1cc(OCC(=O)N(Cc2c(F)cccc2Cl)C2CCS(=O)(=O)C2)cc(C)c1Cl. The number of amides is 1. The summed E-state index contributed by atoms with van der Waals surface area (Å²) in [6, 6.07) is 7.15. The average molecular weight is 474 g/mol. The molecule has 2 aromatic carbocycles. The second-order valence-electron chi connectivity index (χ2n) is 7.44. The Labute approximate surface area is 185 Å². The Hall–Kier alpha value is -1.83. The molecule has 1 unspecified atom stereocenters. The highest BCUT2D eigenvalue weighted by molar-refractivity contribution is 7.91. The van der Waals surface area contributed by atoms with Gasteiger partial charge in [-0.15, -0.1) is 0 Å². The van der Waals surface area contributed by atoms with Crippen LogP contribution < -0.4 is 4.74 Å². The van der Waals surface area contributed by atoms with Crippen molar-refractivity contribution in [3.8, 4) is 5.75 Å². The van der Waals surface area contributed by atoms with E-state index in [9.17, 15) is 17.6 Å². The van der Waals surface area contributed by atoms with Gasteiger partial charge in [-0.3, -0.25) is 4.79 Å². The molecule has 0 spiro atoms. The van der Waals surface area contributed by atoms with Gasteiger partial charge < -0.3 is 9.64 Å². The van der Waals surface area contributed by atoms with Crippen molar-refractivity contribution in [1.29, 1.82) is 0 Å². The van der Waals surface area contributed by atoms with Gasteiger partial charge >= 0.3 is 0 Å².